The van der Waals surface area contributed by atoms with E-state index in [1.165, 1.54) is 19.3 Å². The number of carbonyl (C=O) groups excluding carboxylic acids is 1. The predicted octanol–water partition coefficient (Wildman–Crippen LogP) is 1.87. The van der Waals surface area contributed by atoms with Crippen LogP contribution < -0.4 is 10.6 Å². The van der Waals surface area contributed by atoms with Crippen molar-refractivity contribution in [2.45, 2.75) is 45.7 Å². The number of pyridine rings is 1. The zero-order valence-electron chi connectivity index (χ0n) is 11.8. The van der Waals surface area contributed by atoms with Crippen LogP contribution >= 0.6 is 0 Å². The van der Waals surface area contributed by atoms with Gasteiger partial charge in [-0.25, -0.2) is 0 Å². The highest BCUT2D eigenvalue weighted by atomic mass is 16.1. The molecular weight excluding hydrogens is 238 g/mol. The highest BCUT2D eigenvalue weighted by molar-refractivity contribution is 5.78. The van der Waals surface area contributed by atoms with Gasteiger partial charge >= 0.3 is 0 Å². The monoisotopic (exact) mass is 261 g/mol. The second-order valence-corrected chi connectivity index (χ2v) is 5.95. The number of rotatable bonds is 5. The Bertz CT molecular complexity index is 417. The average Bonchev–Trinajstić information content (AvgIpc) is 2.74. The zero-order chi connectivity index (χ0) is 13.7. The molecule has 0 saturated heterocycles. The first kappa shape index (κ1) is 14.0. The molecule has 1 saturated carbocycles. The van der Waals surface area contributed by atoms with Gasteiger partial charge in [-0.2, -0.15) is 0 Å². The molecule has 1 aliphatic carbocycles. The molecule has 1 fully saturated rings. The lowest BCUT2D eigenvalue weighted by molar-refractivity contribution is -0.120. The third kappa shape index (κ3) is 4.03. The van der Waals surface area contributed by atoms with Crippen molar-refractivity contribution in [3.05, 3.63) is 30.1 Å². The van der Waals surface area contributed by atoms with Gasteiger partial charge in [-0.05, 0) is 29.9 Å². The first-order valence-electron chi connectivity index (χ1n) is 6.97. The summed E-state index contributed by atoms with van der Waals surface area (Å²) >= 11 is 0. The molecule has 1 aromatic rings. The van der Waals surface area contributed by atoms with Crippen molar-refractivity contribution in [1.82, 2.24) is 15.6 Å². The standard InChI is InChI=1S/C15H23N3O/c1-15(2)7-3-6-13(15)17-11-14(19)18-10-12-5-4-8-16-9-12/h4-5,8-9,13,17H,3,6-7,10-11H2,1-2H3,(H,18,19)/t13-/m1/s1. The largest absolute Gasteiger partial charge is 0.351 e. The van der Waals surface area contributed by atoms with Crippen molar-refractivity contribution in [3.8, 4) is 0 Å². The molecular formula is C15H23N3O. The quantitative estimate of drug-likeness (QED) is 0.850. The van der Waals surface area contributed by atoms with Gasteiger partial charge < -0.3 is 10.6 Å². The van der Waals surface area contributed by atoms with E-state index >= 15 is 0 Å². The normalized spacial score (nSPS) is 21.3. The van der Waals surface area contributed by atoms with Gasteiger partial charge in [0, 0.05) is 25.0 Å². The Hall–Kier alpha value is -1.42. The first-order chi connectivity index (χ1) is 9.08. The Balaban J connectivity index is 1.70. The topological polar surface area (TPSA) is 54.0 Å². The molecule has 4 heteroatoms. The second-order valence-electron chi connectivity index (χ2n) is 5.95. The van der Waals surface area contributed by atoms with Gasteiger partial charge in [0.05, 0.1) is 6.54 Å². The van der Waals surface area contributed by atoms with Crippen molar-refractivity contribution in [3.63, 3.8) is 0 Å². The minimum Gasteiger partial charge on any atom is -0.351 e. The molecule has 1 amide bonds. The Labute approximate surface area is 115 Å². The molecule has 1 aliphatic rings. The predicted molar refractivity (Wildman–Crippen MR) is 75.5 cm³/mol. The smallest absolute Gasteiger partial charge is 0.234 e. The van der Waals surface area contributed by atoms with E-state index in [0.29, 0.717) is 24.5 Å². The third-order valence-electron chi connectivity index (χ3n) is 3.98. The van der Waals surface area contributed by atoms with Crippen molar-refractivity contribution in [2.24, 2.45) is 5.41 Å². The summed E-state index contributed by atoms with van der Waals surface area (Å²) in [7, 11) is 0. The molecule has 19 heavy (non-hydrogen) atoms. The number of nitrogens with zero attached hydrogens (tertiary/aromatic N) is 1. The summed E-state index contributed by atoms with van der Waals surface area (Å²) in [5.41, 5.74) is 1.33. The van der Waals surface area contributed by atoms with E-state index in [2.05, 4.69) is 29.5 Å². The summed E-state index contributed by atoms with van der Waals surface area (Å²) < 4.78 is 0. The number of hydrogen-bond donors (Lipinski definition) is 2. The minimum absolute atomic E-state index is 0.0477. The molecule has 4 nitrogen and oxygen atoms in total. The van der Waals surface area contributed by atoms with Gasteiger partial charge in [-0.3, -0.25) is 9.78 Å². The molecule has 0 spiro atoms. The van der Waals surface area contributed by atoms with Crippen molar-refractivity contribution in [2.75, 3.05) is 6.54 Å². The van der Waals surface area contributed by atoms with E-state index in [-0.39, 0.29) is 5.91 Å². The van der Waals surface area contributed by atoms with E-state index in [1.54, 1.807) is 12.4 Å². The molecule has 0 bridgehead atoms. The van der Waals surface area contributed by atoms with Crippen LogP contribution in [-0.4, -0.2) is 23.5 Å². The summed E-state index contributed by atoms with van der Waals surface area (Å²) in [5.74, 6) is 0.0477. The Morgan fingerprint density at radius 1 is 1.53 bits per heavy atom. The van der Waals surface area contributed by atoms with Gasteiger partial charge in [-0.1, -0.05) is 26.3 Å². The molecule has 0 unspecified atom stereocenters. The van der Waals surface area contributed by atoms with E-state index in [0.717, 1.165) is 5.56 Å². The first-order valence-corrected chi connectivity index (χ1v) is 6.97. The summed E-state index contributed by atoms with van der Waals surface area (Å²) in [6, 6.07) is 4.29. The maximum absolute atomic E-state index is 11.8. The van der Waals surface area contributed by atoms with E-state index < -0.39 is 0 Å². The lowest BCUT2D eigenvalue weighted by Crippen LogP contribution is -2.43. The average molecular weight is 261 g/mol. The molecule has 0 aliphatic heterocycles. The molecule has 1 heterocycles. The van der Waals surface area contributed by atoms with Gasteiger partial charge in [0.1, 0.15) is 0 Å². The number of nitrogens with one attached hydrogen (secondary N) is 2. The van der Waals surface area contributed by atoms with Crippen LogP contribution in [0, 0.1) is 5.41 Å². The fraction of sp³-hybridized carbons (Fsp3) is 0.600. The van der Waals surface area contributed by atoms with Crippen LogP contribution in [0.1, 0.15) is 38.7 Å². The third-order valence-corrected chi connectivity index (χ3v) is 3.98. The summed E-state index contributed by atoms with van der Waals surface area (Å²) in [6.07, 6.45) is 7.16. The lowest BCUT2D eigenvalue weighted by Gasteiger charge is -2.27. The van der Waals surface area contributed by atoms with Crippen LogP contribution in [0.5, 0.6) is 0 Å². The highest BCUT2D eigenvalue weighted by Crippen LogP contribution is 2.36. The number of carbonyl (C=O) groups is 1. The van der Waals surface area contributed by atoms with Crippen LogP contribution in [0.3, 0.4) is 0 Å². The van der Waals surface area contributed by atoms with Crippen LogP contribution in [-0.2, 0) is 11.3 Å². The molecule has 2 N–H and O–H groups in total. The van der Waals surface area contributed by atoms with Gasteiger partial charge in [0.25, 0.3) is 0 Å². The van der Waals surface area contributed by atoms with Crippen LogP contribution in [0.15, 0.2) is 24.5 Å². The fourth-order valence-electron chi connectivity index (χ4n) is 2.69. The number of amides is 1. The zero-order valence-corrected chi connectivity index (χ0v) is 11.8. The summed E-state index contributed by atoms with van der Waals surface area (Å²) in [6.45, 7) is 5.48. The van der Waals surface area contributed by atoms with Gasteiger partial charge in [-0.15, -0.1) is 0 Å². The van der Waals surface area contributed by atoms with Gasteiger partial charge in [0.2, 0.25) is 5.91 Å². The fourth-order valence-corrected chi connectivity index (χ4v) is 2.69. The van der Waals surface area contributed by atoms with Crippen LogP contribution in [0.2, 0.25) is 0 Å². The molecule has 0 radical (unpaired) electrons. The van der Waals surface area contributed by atoms with E-state index in [1.807, 2.05) is 12.1 Å². The Kier molecular flexibility index (Phi) is 4.53. The van der Waals surface area contributed by atoms with E-state index in [9.17, 15) is 4.79 Å². The highest BCUT2D eigenvalue weighted by Gasteiger charge is 2.34. The Morgan fingerprint density at radius 3 is 3.00 bits per heavy atom. The van der Waals surface area contributed by atoms with E-state index in [4.69, 9.17) is 0 Å². The molecule has 1 aromatic heterocycles. The molecule has 2 rings (SSSR count). The van der Waals surface area contributed by atoms with Crippen LogP contribution in [0.25, 0.3) is 0 Å². The van der Waals surface area contributed by atoms with Crippen molar-refractivity contribution >= 4 is 5.91 Å². The second kappa shape index (κ2) is 6.15. The number of aromatic nitrogens is 1. The van der Waals surface area contributed by atoms with Crippen molar-refractivity contribution < 1.29 is 4.79 Å². The lowest BCUT2D eigenvalue weighted by atomic mass is 9.87. The Morgan fingerprint density at radius 2 is 2.37 bits per heavy atom. The molecule has 0 aromatic carbocycles. The van der Waals surface area contributed by atoms with Crippen molar-refractivity contribution in [1.29, 1.82) is 0 Å². The summed E-state index contributed by atoms with van der Waals surface area (Å²) in [5, 5.41) is 6.29. The SMILES string of the molecule is CC1(C)CCC[C@H]1NCC(=O)NCc1cccnc1. The van der Waals surface area contributed by atoms with Crippen LogP contribution in [0.4, 0.5) is 0 Å². The maximum atomic E-state index is 11.8. The molecule has 1 atom stereocenters. The summed E-state index contributed by atoms with van der Waals surface area (Å²) in [4.78, 5) is 15.8. The number of hydrogen-bond acceptors (Lipinski definition) is 3. The molecule has 104 valence electrons. The minimum atomic E-state index is 0.0477. The van der Waals surface area contributed by atoms with Gasteiger partial charge in [0.15, 0.2) is 0 Å². The maximum Gasteiger partial charge on any atom is 0.234 e.